The molecule has 0 aliphatic carbocycles. The molecule has 0 heterocycles. The Bertz CT molecular complexity index is 458. The van der Waals surface area contributed by atoms with Crippen molar-refractivity contribution in [1.29, 1.82) is 0 Å². The molecule has 0 rings (SSSR count). The smallest absolute Gasteiger partial charge is 0.0116 e. The van der Waals surface area contributed by atoms with E-state index in [1.165, 1.54) is 60.1 Å². The molecule has 0 N–H and O–H groups in total. The van der Waals surface area contributed by atoms with Gasteiger partial charge in [0.05, 0.1) is 0 Å². The number of hydrogen-bond acceptors (Lipinski definition) is 1. The van der Waals surface area contributed by atoms with Crippen molar-refractivity contribution in [1.82, 2.24) is 0 Å². The molecule has 0 spiro atoms. The minimum Gasteiger partial charge on any atom is -0.157 e. The van der Waals surface area contributed by atoms with E-state index in [0.717, 1.165) is 11.7 Å². The van der Waals surface area contributed by atoms with Gasteiger partial charge in [-0.1, -0.05) is 60.9 Å². The lowest BCUT2D eigenvalue weighted by Gasteiger charge is -2.18. The Labute approximate surface area is 162 Å². The zero-order valence-corrected chi connectivity index (χ0v) is 18.8. The van der Waals surface area contributed by atoms with Gasteiger partial charge in [-0.2, -0.15) is 11.8 Å². The third-order valence-corrected chi connectivity index (χ3v) is 5.48. The van der Waals surface area contributed by atoms with Gasteiger partial charge >= 0.3 is 0 Å². The first-order valence-electron chi connectivity index (χ1n) is 9.90. The summed E-state index contributed by atoms with van der Waals surface area (Å²) in [4.78, 5) is 0. The van der Waals surface area contributed by atoms with Crippen molar-refractivity contribution in [2.24, 2.45) is 11.8 Å². The van der Waals surface area contributed by atoms with E-state index in [2.05, 4.69) is 85.0 Å². The van der Waals surface area contributed by atoms with Crippen LogP contribution in [0, 0.1) is 11.8 Å². The molecule has 0 aromatic carbocycles. The van der Waals surface area contributed by atoms with Crippen molar-refractivity contribution in [3.63, 3.8) is 0 Å². The van der Waals surface area contributed by atoms with Crippen LogP contribution in [0.25, 0.3) is 0 Å². The highest BCUT2D eigenvalue weighted by Crippen LogP contribution is 2.23. The van der Waals surface area contributed by atoms with Crippen molar-refractivity contribution in [3.8, 4) is 0 Å². The lowest BCUT2D eigenvalue weighted by Crippen LogP contribution is -2.08. The molecule has 25 heavy (non-hydrogen) atoms. The number of rotatable bonds is 13. The molecule has 0 saturated carbocycles. The third-order valence-electron chi connectivity index (χ3n) is 4.44. The van der Waals surface area contributed by atoms with Crippen molar-refractivity contribution < 1.29 is 0 Å². The van der Waals surface area contributed by atoms with Gasteiger partial charge in [0, 0.05) is 11.5 Å². The molecule has 0 saturated heterocycles. The maximum atomic E-state index is 4.17. The molecule has 0 aliphatic rings. The highest BCUT2D eigenvalue weighted by Gasteiger charge is 2.11. The standard InChI is InChI=1S/C24H42S/c1-19(2)11-9-12-22(7)13-10-14-23(8)15-16-25-18-24(21(5)6)17-20(3)4/h11,13,15,20,24H,5,9-10,12,14,16-18H2,1-4,6-8H3/b22-13+,23-15+. The van der Waals surface area contributed by atoms with Gasteiger partial charge in [-0.3, -0.25) is 0 Å². The fourth-order valence-corrected chi connectivity index (χ4v) is 3.97. The minimum atomic E-state index is 0.671. The Hall–Kier alpha value is -0.690. The van der Waals surface area contributed by atoms with E-state index in [9.17, 15) is 0 Å². The van der Waals surface area contributed by atoms with E-state index < -0.39 is 0 Å². The molecule has 1 unspecified atom stereocenters. The summed E-state index contributed by atoms with van der Waals surface area (Å²) >= 11 is 2.05. The average molecular weight is 363 g/mol. The second-order valence-corrected chi connectivity index (χ2v) is 9.24. The molecule has 0 radical (unpaired) electrons. The van der Waals surface area contributed by atoms with Gasteiger partial charge < -0.3 is 0 Å². The van der Waals surface area contributed by atoms with Crippen LogP contribution in [-0.4, -0.2) is 11.5 Å². The first-order valence-corrected chi connectivity index (χ1v) is 11.1. The number of hydrogen-bond donors (Lipinski definition) is 0. The Morgan fingerprint density at radius 2 is 1.44 bits per heavy atom. The minimum absolute atomic E-state index is 0.671. The van der Waals surface area contributed by atoms with E-state index >= 15 is 0 Å². The molecular weight excluding hydrogens is 320 g/mol. The molecule has 0 nitrogen and oxygen atoms in total. The van der Waals surface area contributed by atoms with Crippen LogP contribution in [0.15, 0.2) is 47.1 Å². The van der Waals surface area contributed by atoms with Gasteiger partial charge in [0.25, 0.3) is 0 Å². The van der Waals surface area contributed by atoms with Crippen LogP contribution in [0.1, 0.15) is 80.6 Å². The zero-order valence-electron chi connectivity index (χ0n) is 18.0. The summed E-state index contributed by atoms with van der Waals surface area (Å²) < 4.78 is 0. The molecule has 0 aromatic rings. The largest absolute Gasteiger partial charge is 0.157 e. The highest BCUT2D eigenvalue weighted by molar-refractivity contribution is 7.99. The molecule has 1 atom stereocenters. The maximum Gasteiger partial charge on any atom is 0.0116 e. The lowest BCUT2D eigenvalue weighted by atomic mass is 9.93. The van der Waals surface area contributed by atoms with Crippen LogP contribution < -0.4 is 0 Å². The molecule has 1 heteroatoms. The fourth-order valence-electron chi connectivity index (χ4n) is 2.73. The lowest BCUT2D eigenvalue weighted by molar-refractivity contribution is 0.492. The summed E-state index contributed by atoms with van der Waals surface area (Å²) in [7, 11) is 0. The summed E-state index contributed by atoms with van der Waals surface area (Å²) in [6.45, 7) is 19.8. The first kappa shape index (κ1) is 24.3. The summed E-state index contributed by atoms with van der Waals surface area (Å²) in [6, 6.07) is 0. The monoisotopic (exact) mass is 362 g/mol. The topological polar surface area (TPSA) is 0 Å². The quantitative estimate of drug-likeness (QED) is 0.234. The van der Waals surface area contributed by atoms with Gasteiger partial charge in [-0.05, 0) is 78.6 Å². The van der Waals surface area contributed by atoms with E-state index in [1.54, 1.807) is 0 Å². The van der Waals surface area contributed by atoms with Crippen LogP contribution in [0.4, 0.5) is 0 Å². The molecular formula is C24H42S. The number of allylic oxidation sites excluding steroid dienone is 6. The van der Waals surface area contributed by atoms with E-state index in [1.807, 2.05) is 0 Å². The van der Waals surface area contributed by atoms with Gasteiger partial charge in [0.2, 0.25) is 0 Å². The third kappa shape index (κ3) is 15.3. The second kappa shape index (κ2) is 14.5. The molecule has 0 aromatic heterocycles. The normalized spacial score (nSPS) is 13.9. The Balaban J connectivity index is 4.05. The van der Waals surface area contributed by atoms with Gasteiger partial charge in [0.1, 0.15) is 0 Å². The highest BCUT2D eigenvalue weighted by atomic mass is 32.2. The predicted octanol–water partition coefficient (Wildman–Crippen LogP) is 8.38. The molecule has 0 amide bonds. The SMILES string of the molecule is C=C(C)C(CSC/C=C(\C)CC/C=C(\C)CCC=C(C)C)CC(C)C. The summed E-state index contributed by atoms with van der Waals surface area (Å²) in [5, 5.41) is 0. The molecule has 0 aliphatic heterocycles. The van der Waals surface area contributed by atoms with E-state index in [-0.39, 0.29) is 0 Å². The Kier molecular flexibility index (Phi) is 14.1. The average Bonchev–Trinajstić information content (AvgIpc) is 2.49. The Morgan fingerprint density at radius 3 is 1.96 bits per heavy atom. The van der Waals surface area contributed by atoms with Crippen LogP contribution in [0.3, 0.4) is 0 Å². The van der Waals surface area contributed by atoms with Crippen molar-refractivity contribution >= 4 is 11.8 Å². The van der Waals surface area contributed by atoms with Crippen LogP contribution in [-0.2, 0) is 0 Å². The van der Waals surface area contributed by atoms with E-state index in [0.29, 0.717) is 5.92 Å². The summed E-state index contributed by atoms with van der Waals surface area (Å²) in [6.07, 6.45) is 13.2. The molecule has 144 valence electrons. The number of thioether (sulfide) groups is 1. The van der Waals surface area contributed by atoms with Gasteiger partial charge in [-0.25, -0.2) is 0 Å². The predicted molar refractivity (Wildman–Crippen MR) is 120 cm³/mol. The van der Waals surface area contributed by atoms with Crippen LogP contribution >= 0.6 is 11.8 Å². The molecule has 0 bridgehead atoms. The van der Waals surface area contributed by atoms with E-state index in [4.69, 9.17) is 0 Å². The van der Waals surface area contributed by atoms with Crippen molar-refractivity contribution in [3.05, 3.63) is 47.1 Å². The van der Waals surface area contributed by atoms with Crippen molar-refractivity contribution in [2.75, 3.05) is 11.5 Å². The zero-order chi connectivity index (χ0) is 19.2. The van der Waals surface area contributed by atoms with Gasteiger partial charge in [0.15, 0.2) is 0 Å². The summed E-state index contributed by atoms with van der Waals surface area (Å²) in [5.74, 6) is 3.77. The molecule has 0 fully saturated rings. The summed E-state index contributed by atoms with van der Waals surface area (Å²) in [5.41, 5.74) is 5.82. The van der Waals surface area contributed by atoms with Crippen LogP contribution in [0.2, 0.25) is 0 Å². The second-order valence-electron chi connectivity index (χ2n) is 8.17. The van der Waals surface area contributed by atoms with Crippen molar-refractivity contribution in [2.45, 2.75) is 80.6 Å². The van der Waals surface area contributed by atoms with Crippen LogP contribution in [0.5, 0.6) is 0 Å². The van der Waals surface area contributed by atoms with Gasteiger partial charge in [-0.15, -0.1) is 0 Å². The maximum absolute atomic E-state index is 4.17. The Morgan fingerprint density at radius 1 is 0.880 bits per heavy atom. The fraction of sp³-hybridized carbons (Fsp3) is 0.667. The first-order chi connectivity index (χ1) is 11.7.